The predicted octanol–water partition coefficient (Wildman–Crippen LogP) is 3.21. The van der Waals surface area contributed by atoms with E-state index in [1.807, 2.05) is 30.3 Å². The molecule has 0 aliphatic rings. The predicted molar refractivity (Wildman–Crippen MR) is 116 cm³/mol. The summed E-state index contributed by atoms with van der Waals surface area (Å²) in [5.74, 6) is 2.11. The van der Waals surface area contributed by atoms with E-state index in [0.717, 1.165) is 30.2 Å². The van der Waals surface area contributed by atoms with Crippen LogP contribution in [0.15, 0.2) is 41.5 Å². The fourth-order valence-electron chi connectivity index (χ4n) is 2.55. The molecule has 1 heterocycles. The van der Waals surface area contributed by atoms with Crippen LogP contribution in [0.4, 0.5) is 0 Å². The van der Waals surface area contributed by atoms with Gasteiger partial charge >= 0.3 is 0 Å². The minimum Gasteiger partial charge on any atom is -0.439 e. The van der Waals surface area contributed by atoms with Crippen LogP contribution < -0.4 is 15.4 Å². The number of pyridine rings is 1. The number of aromatic nitrogens is 1. The third-order valence-corrected chi connectivity index (χ3v) is 4.37. The number of benzene rings is 1. The van der Waals surface area contributed by atoms with E-state index in [9.17, 15) is 0 Å². The average Bonchev–Trinajstić information content (AvgIpc) is 2.72. The number of hydrogen-bond acceptors (Lipinski definition) is 5. The Hall–Kier alpha value is -2.64. The third kappa shape index (κ3) is 8.50. The van der Waals surface area contributed by atoms with Crippen LogP contribution in [-0.4, -0.2) is 51.5 Å². The van der Waals surface area contributed by atoms with Crippen molar-refractivity contribution in [3.05, 3.63) is 53.2 Å². The molecule has 0 bridgehead atoms. The minimum atomic E-state index is 0.573. The minimum absolute atomic E-state index is 0.573. The average molecular weight is 401 g/mol. The Morgan fingerprint density at radius 2 is 1.90 bits per heavy atom. The van der Waals surface area contributed by atoms with E-state index in [0.29, 0.717) is 32.2 Å². The molecule has 158 valence electrons. The van der Waals surface area contributed by atoms with Crippen molar-refractivity contribution in [3.8, 4) is 11.6 Å². The zero-order valence-corrected chi connectivity index (χ0v) is 17.8. The number of guanidine groups is 1. The van der Waals surface area contributed by atoms with Gasteiger partial charge in [-0.3, -0.25) is 4.99 Å². The molecule has 7 heteroatoms. The van der Waals surface area contributed by atoms with E-state index in [4.69, 9.17) is 14.2 Å². The van der Waals surface area contributed by atoms with Crippen LogP contribution in [0.2, 0.25) is 0 Å². The van der Waals surface area contributed by atoms with Gasteiger partial charge in [-0.2, -0.15) is 0 Å². The van der Waals surface area contributed by atoms with Crippen molar-refractivity contribution in [1.82, 2.24) is 15.6 Å². The van der Waals surface area contributed by atoms with Crippen LogP contribution in [0, 0.1) is 13.8 Å². The molecule has 7 nitrogen and oxygen atoms in total. The van der Waals surface area contributed by atoms with Gasteiger partial charge in [0.15, 0.2) is 5.96 Å². The van der Waals surface area contributed by atoms with Gasteiger partial charge in [-0.05, 0) is 55.2 Å². The summed E-state index contributed by atoms with van der Waals surface area (Å²) in [5, 5.41) is 6.58. The Labute approximate surface area is 173 Å². The molecule has 0 saturated heterocycles. The Morgan fingerprint density at radius 1 is 1.03 bits per heavy atom. The molecule has 0 saturated carbocycles. The second kappa shape index (κ2) is 12.7. The summed E-state index contributed by atoms with van der Waals surface area (Å²) in [7, 11) is 3.42. The summed E-state index contributed by atoms with van der Waals surface area (Å²) in [6.45, 7) is 7.49. The van der Waals surface area contributed by atoms with Crippen LogP contribution in [0.25, 0.3) is 0 Å². The number of rotatable bonds is 11. The van der Waals surface area contributed by atoms with Gasteiger partial charge in [-0.15, -0.1) is 0 Å². The molecular weight excluding hydrogens is 368 g/mol. The van der Waals surface area contributed by atoms with Crippen molar-refractivity contribution >= 4 is 5.96 Å². The topological polar surface area (TPSA) is 77.0 Å². The van der Waals surface area contributed by atoms with Gasteiger partial charge in [-0.25, -0.2) is 4.98 Å². The number of hydrogen-bond donors (Lipinski definition) is 2. The summed E-state index contributed by atoms with van der Waals surface area (Å²) >= 11 is 0. The fourth-order valence-corrected chi connectivity index (χ4v) is 2.55. The Morgan fingerprint density at radius 3 is 2.66 bits per heavy atom. The summed E-state index contributed by atoms with van der Waals surface area (Å²) in [6.07, 6.45) is 2.65. The van der Waals surface area contributed by atoms with Gasteiger partial charge in [0.1, 0.15) is 5.75 Å². The van der Waals surface area contributed by atoms with Gasteiger partial charge in [-0.1, -0.05) is 6.07 Å². The zero-order valence-electron chi connectivity index (χ0n) is 17.8. The fraction of sp³-hybridized carbons (Fsp3) is 0.455. The first-order valence-electron chi connectivity index (χ1n) is 9.83. The molecule has 29 heavy (non-hydrogen) atoms. The number of methoxy groups -OCH3 is 1. The Balaban J connectivity index is 1.77. The maximum Gasteiger partial charge on any atom is 0.219 e. The number of nitrogens with zero attached hydrogens (tertiary/aromatic N) is 2. The van der Waals surface area contributed by atoms with E-state index in [2.05, 4.69) is 34.5 Å². The van der Waals surface area contributed by atoms with Crippen molar-refractivity contribution in [2.24, 2.45) is 4.99 Å². The smallest absolute Gasteiger partial charge is 0.219 e. The van der Waals surface area contributed by atoms with E-state index in [-0.39, 0.29) is 0 Å². The SMILES string of the molecule is CN=C(NCCCOCCOC)NCc1ccnc(Oc2ccc(C)c(C)c2)c1. The van der Waals surface area contributed by atoms with Crippen molar-refractivity contribution < 1.29 is 14.2 Å². The molecule has 0 spiro atoms. The second-order valence-electron chi connectivity index (χ2n) is 6.66. The van der Waals surface area contributed by atoms with Gasteiger partial charge in [0.2, 0.25) is 5.88 Å². The lowest BCUT2D eigenvalue weighted by atomic mass is 10.1. The molecule has 0 atom stereocenters. The normalized spacial score (nSPS) is 11.4. The highest BCUT2D eigenvalue weighted by Crippen LogP contribution is 2.22. The monoisotopic (exact) mass is 400 g/mol. The van der Waals surface area contributed by atoms with Crippen LogP contribution >= 0.6 is 0 Å². The first kappa shape index (κ1) is 22.6. The highest BCUT2D eigenvalue weighted by Gasteiger charge is 2.04. The molecule has 0 fully saturated rings. The molecular formula is C22H32N4O3. The molecule has 0 radical (unpaired) electrons. The van der Waals surface area contributed by atoms with Crippen molar-refractivity contribution in [3.63, 3.8) is 0 Å². The van der Waals surface area contributed by atoms with Crippen molar-refractivity contribution in [1.29, 1.82) is 0 Å². The molecule has 0 unspecified atom stereocenters. The summed E-state index contributed by atoms with van der Waals surface area (Å²) in [4.78, 5) is 8.55. The molecule has 2 rings (SSSR count). The summed E-state index contributed by atoms with van der Waals surface area (Å²) in [5.41, 5.74) is 3.49. The van der Waals surface area contributed by atoms with Crippen molar-refractivity contribution in [2.75, 3.05) is 40.5 Å². The molecule has 0 aliphatic heterocycles. The van der Waals surface area contributed by atoms with Gasteiger partial charge < -0.3 is 24.8 Å². The molecule has 1 aromatic carbocycles. The van der Waals surface area contributed by atoms with E-state index in [1.165, 1.54) is 11.1 Å². The van der Waals surface area contributed by atoms with Gasteiger partial charge in [0.05, 0.1) is 13.2 Å². The maximum absolute atomic E-state index is 5.90. The standard InChI is InChI=1S/C22H32N4O3/c1-17-6-7-20(14-18(17)2)29-21-15-19(8-10-24-21)16-26-22(23-3)25-9-5-11-28-13-12-27-4/h6-8,10,14-15H,5,9,11-13,16H2,1-4H3,(H2,23,25,26). The van der Waals surface area contributed by atoms with Crippen LogP contribution in [0.1, 0.15) is 23.1 Å². The molecule has 0 aliphatic carbocycles. The second-order valence-corrected chi connectivity index (χ2v) is 6.66. The first-order chi connectivity index (χ1) is 14.1. The molecule has 0 amide bonds. The molecule has 1 aromatic heterocycles. The maximum atomic E-state index is 5.90. The van der Waals surface area contributed by atoms with Crippen LogP contribution in [-0.2, 0) is 16.0 Å². The lowest BCUT2D eigenvalue weighted by Crippen LogP contribution is -2.37. The summed E-state index contributed by atoms with van der Waals surface area (Å²) < 4.78 is 16.3. The number of aliphatic imine (C=N–C) groups is 1. The van der Waals surface area contributed by atoms with E-state index < -0.39 is 0 Å². The Bertz CT molecular complexity index is 780. The van der Waals surface area contributed by atoms with Crippen molar-refractivity contribution in [2.45, 2.75) is 26.8 Å². The molecule has 2 N–H and O–H groups in total. The Kier molecular flexibility index (Phi) is 9.95. The summed E-state index contributed by atoms with van der Waals surface area (Å²) in [6, 6.07) is 9.91. The number of aryl methyl sites for hydroxylation is 2. The largest absolute Gasteiger partial charge is 0.439 e. The number of nitrogens with one attached hydrogen (secondary N) is 2. The highest BCUT2D eigenvalue weighted by molar-refractivity contribution is 5.79. The quantitative estimate of drug-likeness (QED) is 0.343. The third-order valence-electron chi connectivity index (χ3n) is 4.37. The highest BCUT2D eigenvalue weighted by atomic mass is 16.5. The lowest BCUT2D eigenvalue weighted by Gasteiger charge is -2.13. The van der Waals surface area contributed by atoms with Gasteiger partial charge in [0.25, 0.3) is 0 Å². The van der Waals surface area contributed by atoms with Crippen LogP contribution in [0.3, 0.4) is 0 Å². The number of ether oxygens (including phenoxy) is 3. The first-order valence-corrected chi connectivity index (χ1v) is 9.83. The van der Waals surface area contributed by atoms with Gasteiger partial charge in [0, 0.05) is 46.1 Å². The zero-order chi connectivity index (χ0) is 20.9. The lowest BCUT2D eigenvalue weighted by molar-refractivity contribution is 0.0698. The van der Waals surface area contributed by atoms with Crippen LogP contribution in [0.5, 0.6) is 11.6 Å². The van der Waals surface area contributed by atoms with E-state index in [1.54, 1.807) is 20.4 Å². The van der Waals surface area contributed by atoms with E-state index >= 15 is 0 Å². The molecule has 2 aromatic rings.